The van der Waals surface area contributed by atoms with Crippen molar-refractivity contribution in [3.8, 4) is 0 Å². The van der Waals surface area contributed by atoms with Gasteiger partial charge in [-0.15, -0.1) is 0 Å². The zero-order valence-corrected chi connectivity index (χ0v) is 11.7. The first-order chi connectivity index (χ1) is 8.60. The van der Waals surface area contributed by atoms with Crippen molar-refractivity contribution in [2.45, 2.75) is 39.5 Å². The van der Waals surface area contributed by atoms with Crippen molar-refractivity contribution >= 4 is 11.7 Å². The summed E-state index contributed by atoms with van der Waals surface area (Å²) in [5.41, 5.74) is 0. The summed E-state index contributed by atoms with van der Waals surface area (Å²) in [4.78, 5) is 25.0. The molecule has 1 amide bonds. The summed E-state index contributed by atoms with van der Waals surface area (Å²) in [6.45, 7) is 12.5. The van der Waals surface area contributed by atoms with Crippen LogP contribution in [0.15, 0.2) is 25.3 Å². The first-order valence-corrected chi connectivity index (χ1v) is 6.68. The third kappa shape index (κ3) is 5.80. The Bertz CT molecular complexity index is 267. The van der Waals surface area contributed by atoms with Crippen LogP contribution in [-0.2, 0) is 9.59 Å². The van der Waals surface area contributed by atoms with Gasteiger partial charge in [0.15, 0.2) is 5.78 Å². The largest absolute Gasteiger partial charge is 0.339 e. The molecule has 0 N–H and O–H groups in total. The molecule has 0 aromatic carbocycles. The maximum atomic E-state index is 11.7. The molecule has 0 saturated heterocycles. The van der Waals surface area contributed by atoms with Crippen LogP contribution in [0.3, 0.4) is 0 Å². The molecule has 1 atom stereocenters. The van der Waals surface area contributed by atoms with Gasteiger partial charge in [-0.25, -0.2) is 0 Å². The molecule has 1 unspecified atom stereocenters. The molecule has 0 fully saturated rings. The van der Waals surface area contributed by atoms with Crippen molar-refractivity contribution in [1.82, 2.24) is 4.90 Å². The van der Waals surface area contributed by atoms with Crippen LogP contribution in [0.2, 0.25) is 0 Å². The van der Waals surface area contributed by atoms with Gasteiger partial charge in [0.1, 0.15) is 0 Å². The van der Waals surface area contributed by atoms with Crippen LogP contribution < -0.4 is 0 Å². The normalized spacial score (nSPS) is 11.7. The fraction of sp³-hybridized carbons (Fsp3) is 0.600. The lowest BCUT2D eigenvalue weighted by molar-refractivity contribution is -0.127. The van der Waals surface area contributed by atoms with Gasteiger partial charge in [0, 0.05) is 19.0 Å². The summed E-state index contributed by atoms with van der Waals surface area (Å²) in [6.07, 6.45) is 6.16. The molecule has 3 heteroatoms. The number of carbonyl (C=O) groups is 2. The first-order valence-electron chi connectivity index (χ1n) is 6.68. The Morgan fingerprint density at radius 2 is 1.72 bits per heavy atom. The Morgan fingerprint density at radius 3 is 2.17 bits per heavy atom. The lowest BCUT2D eigenvalue weighted by Crippen LogP contribution is -2.33. The molecule has 0 saturated carbocycles. The number of hydrogen-bond donors (Lipinski definition) is 0. The Labute approximate surface area is 111 Å². The van der Waals surface area contributed by atoms with Crippen molar-refractivity contribution in [3.05, 3.63) is 25.3 Å². The molecule has 0 bridgehead atoms. The summed E-state index contributed by atoms with van der Waals surface area (Å²) >= 11 is 0. The van der Waals surface area contributed by atoms with Gasteiger partial charge in [0.05, 0.1) is 0 Å². The van der Waals surface area contributed by atoms with Gasteiger partial charge in [-0.05, 0) is 31.4 Å². The number of carbonyl (C=O) groups excluding carboxylic acids is 2. The van der Waals surface area contributed by atoms with Crippen LogP contribution in [-0.4, -0.2) is 29.7 Å². The van der Waals surface area contributed by atoms with Gasteiger partial charge in [-0.2, -0.15) is 0 Å². The van der Waals surface area contributed by atoms with E-state index in [1.165, 1.54) is 12.2 Å². The molecular formula is C15H25NO2. The Morgan fingerprint density at radius 1 is 1.06 bits per heavy atom. The average Bonchev–Trinajstić information content (AvgIpc) is 2.40. The minimum atomic E-state index is -0.0573. The highest BCUT2D eigenvalue weighted by Gasteiger charge is 2.17. The van der Waals surface area contributed by atoms with E-state index in [2.05, 4.69) is 20.1 Å². The number of rotatable bonds is 10. The van der Waals surface area contributed by atoms with Crippen LogP contribution in [0, 0.1) is 5.92 Å². The Hall–Kier alpha value is -1.38. The van der Waals surface area contributed by atoms with Gasteiger partial charge in [0.2, 0.25) is 5.91 Å². The molecule has 0 spiro atoms. The number of ketones is 1. The van der Waals surface area contributed by atoms with Crippen LogP contribution in [0.5, 0.6) is 0 Å². The molecule has 102 valence electrons. The van der Waals surface area contributed by atoms with E-state index in [1.54, 1.807) is 4.90 Å². The predicted octanol–water partition coefficient (Wildman–Crippen LogP) is 2.97. The third-order valence-corrected chi connectivity index (χ3v) is 2.97. The molecule has 3 nitrogen and oxygen atoms in total. The van der Waals surface area contributed by atoms with Crippen LogP contribution in [0.25, 0.3) is 0 Å². The maximum absolute atomic E-state index is 11.7. The molecule has 0 rings (SSSR count). The molecule has 0 radical (unpaired) electrons. The van der Waals surface area contributed by atoms with E-state index >= 15 is 0 Å². The first kappa shape index (κ1) is 16.6. The van der Waals surface area contributed by atoms with Crippen molar-refractivity contribution in [2.75, 3.05) is 13.1 Å². The summed E-state index contributed by atoms with van der Waals surface area (Å²) in [5, 5.41) is 0. The fourth-order valence-electron chi connectivity index (χ4n) is 1.99. The number of hydrogen-bond acceptors (Lipinski definition) is 2. The van der Waals surface area contributed by atoms with E-state index in [0.29, 0.717) is 19.5 Å². The third-order valence-electron chi connectivity index (χ3n) is 2.97. The van der Waals surface area contributed by atoms with Crippen molar-refractivity contribution < 1.29 is 9.59 Å². The number of allylic oxidation sites excluding steroid dienone is 1. The smallest absolute Gasteiger partial charge is 0.245 e. The topological polar surface area (TPSA) is 37.4 Å². The van der Waals surface area contributed by atoms with E-state index in [4.69, 9.17) is 0 Å². The second-order valence-corrected chi connectivity index (χ2v) is 4.41. The van der Waals surface area contributed by atoms with E-state index < -0.39 is 0 Å². The predicted molar refractivity (Wildman–Crippen MR) is 75.3 cm³/mol. The second-order valence-electron chi connectivity index (χ2n) is 4.41. The summed E-state index contributed by atoms with van der Waals surface area (Å²) < 4.78 is 0. The molecular weight excluding hydrogens is 226 g/mol. The van der Waals surface area contributed by atoms with Crippen molar-refractivity contribution in [3.63, 3.8) is 0 Å². The highest BCUT2D eigenvalue weighted by molar-refractivity contribution is 5.91. The van der Waals surface area contributed by atoms with Gasteiger partial charge in [-0.1, -0.05) is 33.4 Å². The van der Waals surface area contributed by atoms with E-state index in [-0.39, 0.29) is 17.6 Å². The standard InChI is InChI=1S/C15H25NO2/c1-5-9-13(14(17)7-3)10-12-16(11-6-2)15(18)8-4/h7-8,13H,3-6,9-12H2,1-2H3. The van der Waals surface area contributed by atoms with Crippen molar-refractivity contribution in [1.29, 1.82) is 0 Å². The molecule has 0 aromatic heterocycles. The zero-order valence-electron chi connectivity index (χ0n) is 11.7. The van der Waals surface area contributed by atoms with Gasteiger partial charge in [-0.3, -0.25) is 9.59 Å². The van der Waals surface area contributed by atoms with Crippen LogP contribution in [0.1, 0.15) is 39.5 Å². The summed E-state index contributed by atoms with van der Waals surface area (Å²) in [7, 11) is 0. The molecule has 18 heavy (non-hydrogen) atoms. The summed E-state index contributed by atoms with van der Waals surface area (Å²) in [5.74, 6) is 0.0157. The van der Waals surface area contributed by atoms with E-state index in [1.807, 2.05) is 6.92 Å². The molecule has 0 heterocycles. The van der Waals surface area contributed by atoms with E-state index in [9.17, 15) is 9.59 Å². The Kier molecular flexibility index (Phi) is 8.89. The number of nitrogens with zero attached hydrogens (tertiary/aromatic N) is 1. The average molecular weight is 251 g/mol. The minimum absolute atomic E-state index is 0.00975. The lowest BCUT2D eigenvalue weighted by Gasteiger charge is -2.23. The zero-order chi connectivity index (χ0) is 14.0. The molecule has 0 aliphatic carbocycles. The van der Waals surface area contributed by atoms with Gasteiger partial charge in [0.25, 0.3) is 0 Å². The van der Waals surface area contributed by atoms with Crippen molar-refractivity contribution in [2.24, 2.45) is 5.92 Å². The quantitative estimate of drug-likeness (QED) is 0.560. The second kappa shape index (κ2) is 9.63. The monoisotopic (exact) mass is 251 g/mol. The van der Waals surface area contributed by atoms with Crippen LogP contribution >= 0.6 is 0 Å². The van der Waals surface area contributed by atoms with Gasteiger partial charge < -0.3 is 4.90 Å². The Balaban J connectivity index is 4.44. The van der Waals surface area contributed by atoms with E-state index in [0.717, 1.165) is 19.3 Å². The maximum Gasteiger partial charge on any atom is 0.245 e. The fourth-order valence-corrected chi connectivity index (χ4v) is 1.99. The summed E-state index contributed by atoms with van der Waals surface area (Å²) in [6, 6.07) is 0. The SMILES string of the molecule is C=CC(=O)C(CCC)CCN(CCC)C(=O)C=C. The van der Waals surface area contributed by atoms with Crippen LogP contribution in [0.4, 0.5) is 0 Å². The highest BCUT2D eigenvalue weighted by atomic mass is 16.2. The molecule has 0 aromatic rings. The molecule has 0 aliphatic heterocycles. The van der Waals surface area contributed by atoms with Gasteiger partial charge >= 0.3 is 0 Å². The minimum Gasteiger partial charge on any atom is -0.339 e. The highest BCUT2D eigenvalue weighted by Crippen LogP contribution is 2.14. The number of amides is 1. The lowest BCUT2D eigenvalue weighted by atomic mass is 9.94. The molecule has 0 aliphatic rings.